The molecule has 204 valence electrons. The normalized spacial score (nSPS) is 26.2. The Balaban J connectivity index is 1.79. The van der Waals surface area contributed by atoms with E-state index in [0.717, 1.165) is 36.9 Å². The fraction of sp³-hybridized carbons (Fsp3) is 0.737. The summed E-state index contributed by atoms with van der Waals surface area (Å²) in [5, 5.41) is 18.3. The van der Waals surface area contributed by atoms with Gasteiger partial charge in [0.1, 0.15) is 18.0 Å². The van der Waals surface area contributed by atoms with Gasteiger partial charge in [-0.25, -0.2) is 22.8 Å². The van der Waals surface area contributed by atoms with Crippen molar-refractivity contribution in [3.63, 3.8) is 0 Å². The highest BCUT2D eigenvalue weighted by Crippen LogP contribution is 2.43. The first-order valence-electron chi connectivity index (χ1n) is 11.1. The molecule has 3 rings (SSSR count). The summed E-state index contributed by atoms with van der Waals surface area (Å²) < 4.78 is 60.5. The van der Waals surface area contributed by atoms with Crippen LogP contribution in [-0.2, 0) is 23.9 Å². The van der Waals surface area contributed by atoms with Crippen molar-refractivity contribution < 1.29 is 41.7 Å². The van der Waals surface area contributed by atoms with Gasteiger partial charge < -0.3 is 29.7 Å². The van der Waals surface area contributed by atoms with Crippen molar-refractivity contribution in [2.75, 3.05) is 28.9 Å². The Morgan fingerprint density at radius 2 is 2.03 bits per heavy atom. The number of nitrogens with one attached hydrogen (secondary N) is 1. The van der Waals surface area contributed by atoms with Gasteiger partial charge in [0, 0.05) is 24.6 Å². The number of ether oxygens (including phenoxy) is 2. The largest absolute Gasteiger partial charge is 0.387 e. The van der Waals surface area contributed by atoms with Crippen molar-refractivity contribution in [1.82, 2.24) is 9.97 Å². The molecule has 0 aromatic carbocycles. The molecule has 1 aliphatic carbocycles. The summed E-state index contributed by atoms with van der Waals surface area (Å²) >= 11 is 6.11. The van der Waals surface area contributed by atoms with Crippen LogP contribution in [0.1, 0.15) is 31.2 Å². The maximum Gasteiger partial charge on any atom is 0.355 e. The average Bonchev–Trinajstić information content (AvgIpc) is 3.37. The first kappa shape index (κ1) is 29.1. The van der Waals surface area contributed by atoms with Crippen molar-refractivity contribution in [2.24, 2.45) is 5.10 Å². The summed E-state index contributed by atoms with van der Waals surface area (Å²) in [6.45, 7) is 4.41. The Bertz CT molecular complexity index is 1110. The van der Waals surface area contributed by atoms with Gasteiger partial charge in [0.15, 0.2) is 33.9 Å². The van der Waals surface area contributed by atoms with Gasteiger partial charge in [0.05, 0.1) is 12.4 Å². The maximum atomic E-state index is 15.1. The van der Waals surface area contributed by atoms with E-state index in [2.05, 4.69) is 27.1 Å². The molecule has 1 saturated heterocycles. The predicted octanol–water partition coefficient (Wildman–Crippen LogP) is 1.20. The zero-order chi connectivity index (χ0) is 26.8. The number of aliphatic hydroxyl groups is 1. The molecule has 2 heterocycles. The second kappa shape index (κ2) is 11.5. The lowest BCUT2D eigenvalue weighted by atomic mass is 10.1. The van der Waals surface area contributed by atoms with Gasteiger partial charge in [-0.1, -0.05) is 12.8 Å². The van der Waals surface area contributed by atoms with E-state index in [1.165, 1.54) is 0 Å². The molecule has 0 radical (unpaired) electrons. The molecule has 1 unspecified atom stereocenters. The summed E-state index contributed by atoms with van der Waals surface area (Å²) in [5.41, 5.74) is 0.485. The molecule has 36 heavy (non-hydrogen) atoms. The molecule has 1 aromatic rings. The molecule has 0 bridgehead atoms. The Labute approximate surface area is 213 Å². The number of aromatic nitrogens is 2. The van der Waals surface area contributed by atoms with Crippen molar-refractivity contribution in [1.29, 1.82) is 0 Å². The van der Waals surface area contributed by atoms with Crippen LogP contribution >= 0.6 is 19.2 Å². The lowest BCUT2D eigenvalue weighted by molar-refractivity contribution is -0.0512. The minimum absolute atomic E-state index is 0.0806. The van der Waals surface area contributed by atoms with E-state index < -0.39 is 60.2 Å². The van der Waals surface area contributed by atoms with E-state index in [1.807, 2.05) is 0 Å². The smallest absolute Gasteiger partial charge is 0.355 e. The monoisotopic (exact) mass is 573 g/mol. The number of anilines is 2. The molecular formula is C19H30ClFN5O8PS. The summed E-state index contributed by atoms with van der Waals surface area (Å²) in [7, 11) is -8.81. The number of hydrazone groups is 1. The number of alkyl halides is 1. The first-order valence-corrected chi connectivity index (χ1v) is 15.2. The van der Waals surface area contributed by atoms with E-state index in [0.29, 0.717) is 11.4 Å². The second-order valence-electron chi connectivity index (χ2n) is 8.87. The first-order chi connectivity index (χ1) is 16.7. The van der Waals surface area contributed by atoms with E-state index in [-0.39, 0.29) is 17.1 Å². The third-order valence-corrected chi connectivity index (χ3v) is 8.37. The van der Waals surface area contributed by atoms with E-state index >= 15 is 4.39 Å². The SMILES string of the molecule is C=NN(c1nc(Cl)nc(NC2CCCC2)c1C)[C@@H]1O[C@H](COC(CS(C)(=O)=O)P(=O)(O)O)[C@@H](O)[C@@H]1F. The van der Waals surface area contributed by atoms with Gasteiger partial charge in [0.2, 0.25) is 5.28 Å². The fourth-order valence-corrected chi connectivity index (χ4v) is 6.77. The number of hydrogen-bond donors (Lipinski definition) is 4. The van der Waals surface area contributed by atoms with Crippen LogP contribution in [0.25, 0.3) is 0 Å². The lowest BCUT2D eigenvalue weighted by Gasteiger charge is -2.28. The Kier molecular flexibility index (Phi) is 9.31. The van der Waals surface area contributed by atoms with Crippen LogP contribution in [0.5, 0.6) is 0 Å². The molecule has 1 saturated carbocycles. The molecule has 2 aliphatic rings. The van der Waals surface area contributed by atoms with Crippen LogP contribution in [0.15, 0.2) is 5.10 Å². The molecule has 13 nitrogen and oxygen atoms in total. The highest BCUT2D eigenvalue weighted by Gasteiger charge is 2.49. The fourth-order valence-electron chi connectivity index (χ4n) is 4.12. The van der Waals surface area contributed by atoms with E-state index in [1.54, 1.807) is 6.92 Å². The minimum Gasteiger partial charge on any atom is -0.387 e. The maximum absolute atomic E-state index is 15.1. The summed E-state index contributed by atoms with van der Waals surface area (Å²) in [5.74, 6) is -2.47. The standard InChI is InChI=1S/C19H30ClFN5O8PS/c1-10-16(23-11-6-4-5-7-11)24-19(20)25-17(10)26(22-2)18-14(21)15(27)12(34-18)8-33-13(35(28,29)30)9-36(3,31)32/h11-15,18,27H,2,4-9H2,1,3H3,(H,23,24,25)(H2,28,29,30)/t12-,13?,14+,15-,18-/m1/s1. The molecule has 0 amide bonds. The van der Waals surface area contributed by atoms with Crippen LogP contribution in [-0.4, -0.2) is 95.1 Å². The molecule has 2 fully saturated rings. The van der Waals surface area contributed by atoms with Gasteiger partial charge in [0.25, 0.3) is 0 Å². The summed E-state index contributed by atoms with van der Waals surface area (Å²) in [4.78, 5) is 27.2. The highest BCUT2D eigenvalue weighted by molar-refractivity contribution is 7.91. The molecule has 4 N–H and O–H groups in total. The van der Waals surface area contributed by atoms with Crippen molar-refractivity contribution in [3.8, 4) is 0 Å². The summed E-state index contributed by atoms with van der Waals surface area (Å²) in [6.07, 6.45) is -1.94. The third-order valence-electron chi connectivity index (χ3n) is 5.97. The number of aliphatic hydroxyl groups excluding tert-OH is 1. The Morgan fingerprint density at radius 1 is 1.39 bits per heavy atom. The Morgan fingerprint density at radius 3 is 2.58 bits per heavy atom. The zero-order valence-corrected chi connectivity index (χ0v) is 22.2. The predicted molar refractivity (Wildman–Crippen MR) is 131 cm³/mol. The molecule has 0 spiro atoms. The molecule has 17 heteroatoms. The zero-order valence-electron chi connectivity index (χ0n) is 19.7. The second-order valence-corrected chi connectivity index (χ2v) is 13.1. The number of halogens is 2. The number of nitrogens with zero attached hydrogens (tertiary/aromatic N) is 4. The summed E-state index contributed by atoms with van der Waals surface area (Å²) in [6, 6.07) is 0.196. The van der Waals surface area contributed by atoms with E-state index in [4.69, 9.17) is 21.1 Å². The third kappa shape index (κ3) is 7.10. The van der Waals surface area contributed by atoms with Crippen LogP contribution in [0.4, 0.5) is 16.0 Å². The topological polar surface area (TPSA) is 184 Å². The Hall–Kier alpha value is -1.45. The van der Waals surface area contributed by atoms with Crippen molar-refractivity contribution in [3.05, 3.63) is 10.8 Å². The van der Waals surface area contributed by atoms with Crippen LogP contribution in [0.2, 0.25) is 5.28 Å². The lowest BCUT2D eigenvalue weighted by Crippen LogP contribution is -2.40. The number of rotatable bonds is 11. The molecule has 1 aromatic heterocycles. The minimum atomic E-state index is -4.99. The van der Waals surface area contributed by atoms with Crippen molar-refractivity contribution >= 4 is 47.4 Å². The van der Waals surface area contributed by atoms with Crippen molar-refractivity contribution in [2.45, 2.75) is 69.1 Å². The van der Waals surface area contributed by atoms with Gasteiger partial charge in [-0.2, -0.15) is 10.1 Å². The number of sulfone groups is 1. The van der Waals surface area contributed by atoms with Crippen LogP contribution in [0.3, 0.4) is 0 Å². The van der Waals surface area contributed by atoms with Gasteiger partial charge in [-0.15, -0.1) is 0 Å². The molecular weight excluding hydrogens is 544 g/mol. The average molecular weight is 574 g/mol. The van der Waals surface area contributed by atoms with Gasteiger partial charge in [-0.3, -0.25) is 4.57 Å². The highest BCUT2D eigenvalue weighted by atomic mass is 35.5. The molecule has 5 atom stereocenters. The number of hydrogen-bond acceptors (Lipinski definition) is 11. The van der Waals surface area contributed by atoms with Gasteiger partial charge in [-0.05, 0) is 31.4 Å². The van der Waals surface area contributed by atoms with Crippen LogP contribution < -0.4 is 10.3 Å². The molecule has 1 aliphatic heterocycles. The van der Waals surface area contributed by atoms with Crippen LogP contribution in [0, 0.1) is 6.92 Å². The quantitative estimate of drug-likeness (QED) is 0.129. The van der Waals surface area contributed by atoms with E-state index in [9.17, 15) is 27.9 Å². The van der Waals surface area contributed by atoms with Gasteiger partial charge >= 0.3 is 7.60 Å².